The van der Waals surface area contributed by atoms with Crippen molar-refractivity contribution >= 4 is 5.91 Å². The quantitative estimate of drug-likeness (QED) is 0.703. The first-order chi connectivity index (χ1) is 12.1. The van der Waals surface area contributed by atoms with Gasteiger partial charge in [-0.1, -0.05) is 31.2 Å². The summed E-state index contributed by atoms with van der Waals surface area (Å²) in [6.07, 6.45) is 6.38. The molecular weight excluding hydrogens is 312 g/mol. The molecule has 25 heavy (non-hydrogen) atoms. The van der Waals surface area contributed by atoms with Crippen LogP contribution >= 0.6 is 0 Å². The lowest BCUT2D eigenvalue weighted by atomic mass is 9.97. The van der Waals surface area contributed by atoms with Crippen molar-refractivity contribution in [3.05, 3.63) is 71.6 Å². The van der Waals surface area contributed by atoms with Crippen molar-refractivity contribution in [3.63, 3.8) is 0 Å². The van der Waals surface area contributed by atoms with Crippen LogP contribution in [-0.2, 0) is 4.79 Å². The highest BCUT2D eigenvalue weighted by molar-refractivity contribution is 5.93. The summed E-state index contributed by atoms with van der Waals surface area (Å²) in [5.41, 5.74) is 2.80. The number of ether oxygens (including phenoxy) is 1. The zero-order chi connectivity index (χ0) is 18.2. The molecule has 1 aromatic heterocycles. The number of amides is 1. The van der Waals surface area contributed by atoms with Crippen molar-refractivity contribution < 1.29 is 9.53 Å². The molecule has 0 unspecified atom stereocenters. The van der Waals surface area contributed by atoms with Gasteiger partial charge in [-0.05, 0) is 49.6 Å². The van der Waals surface area contributed by atoms with Gasteiger partial charge in [0.05, 0.1) is 13.2 Å². The van der Waals surface area contributed by atoms with E-state index < -0.39 is 0 Å². The molecule has 1 atom stereocenters. The summed E-state index contributed by atoms with van der Waals surface area (Å²) in [4.78, 5) is 19.1. The van der Waals surface area contributed by atoms with E-state index >= 15 is 0 Å². The molecule has 1 aromatic carbocycles. The fourth-order valence-electron chi connectivity index (χ4n) is 2.94. The Kier molecular flexibility index (Phi) is 6.75. The minimum absolute atomic E-state index is 0.0500. The van der Waals surface area contributed by atoms with E-state index in [1.165, 1.54) is 0 Å². The monoisotopic (exact) mass is 338 g/mol. The van der Waals surface area contributed by atoms with Crippen molar-refractivity contribution in [1.82, 2.24) is 9.88 Å². The fourth-order valence-corrected chi connectivity index (χ4v) is 2.94. The van der Waals surface area contributed by atoms with Crippen LogP contribution in [0.1, 0.15) is 44.4 Å². The molecule has 0 saturated carbocycles. The van der Waals surface area contributed by atoms with Gasteiger partial charge in [-0.25, -0.2) is 0 Å². The highest BCUT2D eigenvalue weighted by Crippen LogP contribution is 2.30. The molecule has 0 radical (unpaired) electrons. The van der Waals surface area contributed by atoms with Crippen LogP contribution in [0, 0.1) is 0 Å². The molecule has 0 bridgehead atoms. The Morgan fingerprint density at radius 2 is 1.92 bits per heavy atom. The van der Waals surface area contributed by atoms with Crippen LogP contribution < -0.4 is 4.74 Å². The molecule has 4 nitrogen and oxygen atoms in total. The van der Waals surface area contributed by atoms with Crippen LogP contribution in [0.3, 0.4) is 0 Å². The Morgan fingerprint density at radius 1 is 1.20 bits per heavy atom. The Morgan fingerprint density at radius 3 is 2.44 bits per heavy atom. The number of carbonyl (C=O) groups is 1. The van der Waals surface area contributed by atoms with E-state index in [1.807, 2.05) is 74.3 Å². The number of hydrogen-bond acceptors (Lipinski definition) is 3. The second-order valence-corrected chi connectivity index (χ2v) is 5.85. The van der Waals surface area contributed by atoms with Crippen LogP contribution in [0.25, 0.3) is 0 Å². The predicted octanol–water partition coefficient (Wildman–Crippen LogP) is 4.38. The molecule has 0 fully saturated rings. The third-order valence-corrected chi connectivity index (χ3v) is 4.19. The number of likely N-dealkylation sites (N-methyl/N-ethyl adjacent to an activating group) is 1. The average molecular weight is 338 g/mol. The molecule has 1 heterocycles. The largest absolute Gasteiger partial charge is 0.497 e. The maximum absolute atomic E-state index is 13.0. The fraction of sp³-hybridized carbons (Fsp3) is 0.333. The number of methoxy groups -OCH3 is 1. The Balaban J connectivity index is 2.49. The van der Waals surface area contributed by atoms with Gasteiger partial charge in [0.1, 0.15) is 5.75 Å². The SMILES string of the molecule is CC/C=C(\C)C(=O)N(CC)[C@H](c1ccc(OC)cc1)c1cccnc1. The van der Waals surface area contributed by atoms with Crippen molar-refractivity contribution in [1.29, 1.82) is 0 Å². The topological polar surface area (TPSA) is 42.4 Å². The summed E-state index contributed by atoms with van der Waals surface area (Å²) in [6.45, 7) is 6.53. The van der Waals surface area contributed by atoms with Crippen LogP contribution in [0.5, 0.6) is 5.75 Å². The van der Waals surface area contributed by atoms with Gasteiger partial charge in [0, 0.05) is 24.5 Å². The van der Waals surface area contributed by atoms with Gasteiger partial charge in [-0.2, -0.15) is 0 Å². The zero-order valence-corrected chi connectivity index (χ0v) is 15.4. The number of rotatable bonds is 7. The summed E-state index contributed by atoms with van der Waals surface area (Å²) in [5.74, 6) is 0.846. The van der Waals surface area contributed by atoms with E-state index in [9.17, 15) is 4.79 Å². The third-order valence-electron chi connectivity index (χ3n) is 4.19. The number of nitrogens with zero attached hydrogens (tertiary/aromatic N) is 2. The Bertz CT molecular complexity index is 708. The third kappa shape index (κ3) is 4.47. The normalized spacial score (nSPS) is 12.6. The van der Waals surface area contributed by atoms with E-state index in [0.717, 1.165) is 28.9 Å². The van der Waals surface area contributed by atoms with Gasteiger partial charge in [0.15, 0.2) is 0 Å². The minimum Gasteiger partial charge on any atom is -0.497 e. The first kappa shape index (κ1) is 18.7. The molecule has 0 saturated heterocycles. The van der Waals surface area contributed by atoms with Gasteiger partial charge in [-0.3, -0.25) is 9.78 Å². The van der Waals surface area contributed by atoms with Gasteiger partial charge in [-0.15, -0.1) is 0 Å². The van der Waals surface area contributed by atoms with Crippen LogP contribution in [0.15, 0.2) is 60.4 Å². The second kappa shape index (κ2) is 9.02. The lowest BCUT2D eigenvalue weighted by Crippen LogP contribution is -2.36. The first-order valence-electron chi connectivity index (χ1n) is 8.63. The molecule has 0 N–H and O–H groups in total. The first-order valence-corrected chi connectivity index (χ1v) is 8.63. The Labute approximate surface area is 150 Å². The maximum atomic E-state index is 13.0. The molecule has 2 rings (SSSR count). The van der Waals surface area contributed by atoms with E-state index in [1.54, 1.807) is 13.3 Å². The molecular formula is C21H26N2O2. The second-order valence-electron chi connectivity index (χ2n) is 5.85. The van der Waals surface area contributed by atoms with Crippen LogP contribution in [-0.4, -0.2) is 29.4 Å². The molecule has 1 amide bonds. The Hall–Kier alpha value is -2.62. The van der Waals surface area contributed by atoms with E-state index in [0.29, 0.717) is 6.54 Å². The number of hydrogen-bond donors (Lipinski definition) is 0. The van der Waals surface area contributed by atoms with Crippen molar-refractivity contribution in [2.45, 2.75) is 33.2 Å². The summed E-state index contributed by atoms with van der Waals surface area (Å²) >= 11 is 0. The molecule has 4 heteroatoms. The van der Waals surface area contributed by atoms with Crippen LogP contribution in [0.4, 0.5) is 0 Å². The van der Waals surface area contributed by atoms with Gasteiger partial charge < -0.3 is 9.64 Å². The molecule has 0 spiro atoms. The zero-order valence-electron chi connectivity index (χ0n) is 15.4. The van der Waals surface area contributed by atoms with Crippen molar-refractivity contribution in [2.75, 3.05) is 13.7 Å². The number of allylic oxidation sites excluding steroid dienone is 1. The molecule has 2 aromatic rings. The molecule has 132 valence electrons. The summed E-state index contributed by atoms with van der Waals surface area (Å²) in [6, 6.07) is 11.6. The number of pyridine rings is 1. The summed E-state index contributed by atoms with van der Waals surface area (Å²) in [7, 11) is 1.65. The van der Waals surface area contributed by atoms with Gasteiger partial charge in [0.25, 0.3) is 0 Å². The highest BCUT2D eigenvalue weighted by Gasteiger charge is 2.26. The molecule has 0 aliphatic carbocycles. The number of benzene rings is 1. The predicted molar refractivity (Wildman–Crippen MR) is 101 cm³/mol. The smallest absolute Gasteiger partial charge is 0.249 e. The highest BCUT2D eigenvalue weighted by atomic mass is 16.5. The lowest BCUT2D eigenvalue weighted by molar-refractivity contribution is -0.128. The number of aromatic nitrogens is 1. The maximum Gasteiger partial charge on any atom is 0.249 e. The van der Waals surface area contributed by atoms with Gasteiger partial charge >= 0.3 is 0 Å². The van der Waals surface area contributed by atoms with Crippen molar-refractivity contribution in [2.24, 2.45) is 0 Å². The van der Waals surface area contributed by atoms with Gasteiger partial charge in [0.2, 0.25) is 5.91 Å². The number of carbonyl (C=O) groups excluding carboxylic acids is 1. The standard InChI is InChI=1S/C21H26N2O2/c1-5-8-16(3)21(24)23(6-2)20(18-9-7-14-22-15-18)17-10-12-19(25-4)13-11-17/h7-15,20H,5-6H2,1-4H3/b16-8+/t20-/m1/s1. The molecule has 0 aliphatic heterocycles. The minimum atomic E-state index is -0.183. The summed E-state index contributed by atoms with van der Waals surface area (Å²) < 4.78 is 5.26. The molecule has 0 aliphatic rings. The van der Waals surface area contributed by atoms with E-state index in [-0.39, 0.29) is 11.9 Å². The lowest BCUT2D eigenvalue weighted by Gasteiger charge is -2.32. The van der Waals surface area contributed by atoms with E-state index in [2.05, 4.69) is 4.98 Å². The summed E-state index contributed by atoms with van der Waals surface area (Å²) in [5, 5.41) is 0. The average Bonchev–Trinajstić information content (AvgIpc) is 2.66. The van der Waals surface area contributed by atoms with E-state index in [4.69, 9.17) is 4.74 Å². The van der Waals surface area contributed by atoms with Crippen molar-refractivity contribution in [3.8, 4) is 5.75 Å². The van der Waals surface area contributed by atoms with Crippen LogP contribution in [0.2, 0.25) is 0 Å².